The van der Waals surface area contributed by atoms with Crippen LogP contribution in [0.2, 0.25) is 0 Å². The van der Waals surface area contributed by atoms with Gasteiger partial charge < -0.3 is 18.4 Å². The molecule has 0 N–H and O–H groups in total. The van der Waals surface area contributed by atoms with Crippen molar-refractivity contribution < 1.29 is 18.4 Å². The maximum absolute atomic E-state index is 6.25. The SMILES string of the molecule is Ic1cc(OCC[N+]23CCN(CC2)CC3)c(I)cc1OCC[N+]12CCN(CC1)CC2. The third-order valence-corrected chi connectivity index (χ3v) is 9.66. The van der Waals surface area contributed by atoms with E-state index in [-0.39, 0.29) is 0 Å². The smallest absolute Gasteiger partial charge is 0.137 e. The second-order valence-corrected chi connectivity index (χ2v) is 11.9. The lowest BCUT2D eigenvalue weighted by Crippen LogP contribution is -2.68. The van der Waals surface area contributed by atoms with Crippen molar-refractivity contribution in [2.75, 3.05) is 105 Å². The van der Waals surface area contributed by atoms with Crippen LogP contribution in [0.4, 0.5) is 0 Å². The first-order valence-corrected chi connectivity index (χ1v) is 13.6. The highest BCUT2D eigenvalue weighted by Crippen LogP contribution is 2.32. The lowest BCUT2D eigenvalue weighted by Gasteiger charge is -2.50. The Morgan fingerprint density at radius 3 is 1.30 bits per heavy atom. The molecule has 6 aliphatic heterocycles. The first kappa shape index (κ1) is 21.9. The van der Waals surface area contributed by atoms with Crippen LogP contribution >= 0.6 is 45.2 Å². The van der Waals surface area contributed by atoms with Crippen LogP contribution in [0.25, 0.3) is 0 Å². The third kappa shape index (κ3) is 4.73. The number of rotatable bonds is 8. The minimum atomic E-state index is 0.809. The number of halogens is 2. The molecule has 0 unspecified atom stereocenters. The normalized spacial score (nSPS) is 34.9. The fraction of sp³-hybridized carbons (Fsp3) is 0.727. The van der Waals surface area contributed by atoms with E-state index in [0.717, 1.165) is 44.9 Å². The Balaban J connectivity index is 1.13. The summed E-state index contributed by atoms with van der Waals surface area (Å²) in [5.74, 6) is 2.02. The van der Waals surface area contributed by atoms with Gasteiger partial charge in [-0.1, -0.05) is 0 Å². The minimum absolute atomic E-state index is 0.809. The van der Waals surface area contributed by atoms with Gasteiger partial charge in [-0.15, -0.1) is 0 Å². The van der Waals surface area contributed by atoms with E-state index >= 15 is 0 Å². The molecule has 0 aliphatic carbocycles. The number of hydrogen-bond acceptors (Lipinski definition) is 4. The van der Waals surface area contributed by atoms with Crippen LogP contribution in [0.1, 0.15) is 0 Å². The van der Waals surface area contributed by atoms with E-state index in [2.05, 4.69) is 67.1 Å². The average Bonchev–Trinajstić information content (AvgIpc) is 2.79. The maximum atomic E-state index is 6.25. The van der Waals surface area contributed by atoms with Gasteiger partial charge in [-0.05, 0) is 57.3 Å². The summed E-state index contributed by atoms with van der Waals surface area (Å²) in [4.78, 5) is 5.20. The summed E-state index contributed by atoms with van der Waals surface area (Å²) in [5.41, 5.74) is 0. The van der Waals surface area contributed by atoms with Crippen molar-refractivity contribution in [2.45, 2.75) is 0 Å². The van der Waals surface area contributed by atoms with Gasteiger partial charge in [-0.3, -0.25) is 9.80 Å². The molecule has 166 valence electrons. The van der Waals surface area contributed by atoms with Crippen molar-refractivity contribution >= 4 is 45.2 Å². The zero-order valence-electron chi connectivity index (χ0n) is 17.8. The Hall–Kier alpha value is 0.120. The lowest BCUT2D eigenvalue weighted by atomic mass is 10.1. The van der Waals surface area contributed by atoms with Gasteiger partial charge >= 0.3 is 0 Å². The summed E-state index contributed by atoms with van der Waals surface area (Å²) in [7, 11) is 0. The molecular weight excluding hydrogens is 606 g/mol. The molecule has 6 heterocycles. The van der Waals surface area contributed by atoms with Crippen LogP contribution in [0.3, 0.4) is 0 Å². The molecule has 0 aromatic heterocycles. The summed E-state index contributed by atoms with van der Waals surface area (Å²) in [6, 6.07) is 4.33. The first-order valence-electron chi connectivity index (χ1n) is 11.4. The van der Waals surface area contributed by atoms with Crippen molar-refractivity contribution in [2.24, 2.45) is 0 Å². The minimum Gasteiger partial charge on any atom is -0.487 e. The van der Waals surface area contributed by atoms with Gasteiger partial charge in [-0.25, -0.2) is 0 Å². The number of fused-ring (bicyclic) bond motifs is 6. The quantitative estimate of drug-likeness (QED) is 0.321. The predicted molar refractivity (Wildman–Crippen MR) is 135 cm³/mol. The largest absolute Gasteiger partial charge is 0.487 e. The lowest BCUT2D eigenvalue weighted by molar-refractivity contribution is -0.940. The van der Waals surface area contributed by atoms with Crippen LogP contribution in [0, 0.1) is 7.14 Å². The van der Waals surface area contributed by atoms with Crippen LogP contribution in [-0.2, 0) is 0 Å². The molecule has 6 saturated heterocycles. The number of quaternary nitrogens is 2. The third-order valence-electron chi connectivity index (χ3n) is 7.98. The standard InChI is InChI=1S/C22H34I2N4O2/c23-19-18-22(30-16-14-28-10-4-26(5-11-28)6-12-28)20(24)17-21(19)29-15-13-27-7-1-25(2-8-27)3-9-27/h17-18H,1-16H2/q+2. The Kier molecular flexibility index (Phi) is 6.70. The highest BCUT2D eigenvalue weighted by Gasteiger charge is 2.39. The van der Waals surface area contributed by atoms with Crippen LogP contribution in [0.5, 0.6) is 11.5 Å². The molecule has 7 rings (SSSR count). The molecule has 0 radical (unpaired) electrons. The second-order valence-electron chi connectivity index (χ2n) is 9.57. The van der Waals surface area contributed by atoms with Crippen molar-refractivity contribution in [3.8, 4) is 11.5 Å². The Labute approximate surface area is 207 Å². The van der Waals surface area contributed by atoms with Crippen LogP contribution in [0.15, 0.2) is 12.1 Å². The van der Waals surface area contributed by atoms with Gasteiger partial charge in [0.1, 0.15) is 37.8 Å². The topological polar surface area (TPSA) is 24.9 Å². The van der Waals surface area contributed by atoms with Crippen molar-refractivity contribution in [1.29, 1.82) is 0 Å². The maximum Gasteiger partial charge on any atom is 0.137 e. The number of ether oxygens (including phenoxy) is 2. The molecule has 0 amide bonds. The van der Waals surface area contributed by atoms with E-state index in [4.69, 9.17) is 9.47 Å². The summed E-state index contributed by atoms with van der Waals surface area (Å²) in [5, 5.41) is 0. The molecule has 6 fully saturated rings. The Morgan fingerprint density at radius 2 is 0.967 bits per heavy atom. The highest BCUT2D eigenvalue weighted by atomic mass is 127. The van der Waals surface area contributed by atoms with E-state index in [1.165, 1.54) is 87.5 Å². The van der Waals surface area contributed by atoms with E-state index in [1.807, 2.05) is 0 Å². The van der Waals surface area contributed by atoms with Gasteiger partial charge in [-0.2, -0.15) is 0 Å². The average molecular weight is 640 g/mol. The van der Waals surface area contributed by atoms with Gasteiger partial charge in [0.2, 0.25) is 0 Å². The summed E-state index contributed by atoms with van der Waals surface area (Å²) >= 11 is 4.80. The zero-order valence-corrected chi connectivity index (χ0v) is 22.1. The van der Waals surface area contributed by atoms with Crippen molar-refractivity contribution in [3.63, 3.8) is 0 Å². The molecule has 6 aliphatic rings. The van der Waals surface area contributed by atoms with Crippen molar-refractivity contribution in [1.82, 2.24) is 9.80 Å². The summed E-state index contributed by atoms with van der Waals surface area (Å²) in [6.45, 7) is 19.2. The molecule has 0 atom stereocenters. The number of nitrogens with zero attached hydrogens (tertiary/aromatic N) is 4. The van der Waals surface area contributed by atoms with E-state index < -0.39 is 0 Å². The fourth-order valence-corrected chi connectivity index (χ4v) is 6.75. The van der Waals surface area contributed by atoms with Crippen LogP contribution < -0.4 is 9.47 Å². The van der Waals surface area contributed by atoms with E-state index in [1.54, 1.807) is 0 Å². The summed E-state index contributed by atoms with van der Waals surface area (Å²) in [6.07, 6.45) is 0. The number of benzene rings is 1. The molecule has 30 heavy (non-hydrogen) atoms. The predicted octanol–water partition coefficient (Wildman–Crippen LogP) is 1.95. The Bertz CT molecular complexity index is 670. The first-order chi connectivity index (χ1) is 14.5. The zero-order chi connectivity index (χ0) is 20.6. The molecule has 0 saturated carbocycles. The molecule has 1 aromatic carbocycles. The van der Waals surface area contributed by atoms with Gasteiger partial charge in [0.25, 0.3) is 0 Å². The van der Waals surface area contributed by atoms with Crippen LogP contribution in [-0.4, -0.2) is 124 Å². The molecular formula is C22H34I2N4O2+2. The number of hydrogen-bond donors (Lipinski definition) is 0. The molecule has 0 spiro atoms. The van der Waals surface area contributed by atoms with Crippen molar-refractivity contribution in [3.05, 3.63) is 19.3 Å². The van der Waals surface area contributed by atoms with Gasteiger partial charge in [0.05, 0.1) is 46.4 Å². The monoisotopic (exact) mass is 640 g/mol. The van der Waals surface area contributed by atoms with E-state index in [9.17, 15) is 0 Å². The summed E-state index contributed by atoms with van der Waals surface area (Å²) < 4.78 is 17.3. The molecule has 4 bridgehead atoms. The van der Waals surface area contributed by atoms with Gasteiger partial charge in [0, 0.05) is 39.3 Å². The second kappa shape index (κ2) is 9.17. The number of piperazine rings is 6. The molecule has 6 nitrogen and oxygen atoms in total. The Morgan fingerprint density at radius 1 is 0.633 bits per heavy atom. The molecule has 1 aromatic rings. The van der Waals surface area contributed by atoms with E-state index in [0.29, 0.717) is 0 Å². The molecule has 8 heteroatoms. The highest BCUT2D eigenvalue weighted by molar-refractivity contribution is 14.1. The fourth-order valence-electron chi connectivity index (χ4n) is 5.56. The van der Waals surface area contributed by atoms with Gasteiger partial charge in [0.15, 0.2) is 0 Å².